The van der Waals surface area contributed by atoms with Gasteiger partial charge in [0.05, 0.1) is 54.3 Å². The summed E-state index contributed by atoms with van der Waals surface area (Å²) in [7, 11) is -3.84. The molecule has 2 aromatic rings. The molecule has 15 N–H and O–H groups in total. The predicted molar refractivity (Wildman–Crippen MR) is 329 cm³/mol. The minimum absolute atomic E-state index is 0. The molecular weight excluding hydrogens is 1240 g/mol. The van der Waals surface area contributed by atoms with E-state index in [-0.39, 0.29) is 99.7 Å². The van der Waals surface area contributed by atoms with Crippen molar-refractivity contribution in [3.8, 4) is 5.75 Å². The Labute approximate surface area is 537 Å². The Morgan fingerprint density at radius 2 is 1.37 bits per heavy atom. The van der Waals surface area contributed by atoms with Crippen LogP contribution in [0.25, 0.3) is 11.0 Å². The van der Waals surface area contributed by atoms with E-state index >= 15 is 0 Å². The molecule has 7 heterocycles. The topological polar surface area (TPSA) is 472 Å². The number of phosphoric acid groups is 1. The fourth-order valence-corrected chi connectivity index (χ4v) is 16.0. The summed E-state index contributed by atoms with van der Waals surface area (Å²) in [5.74, 6) is -7.10. The van der Waals surface area contributed by atoms with Gasteiger partial charge in [-0.05, 0) is 82.7 Å². The fraction of sp³-hybridized carbons (Fsp3) is 0.607. The second kappa shape index (κ2) is 27.0. The number of ether oxygens (including phenoxy) is 2. The number of primary amides is 6. The zero-order valence-corrected chi connectivity index (χ0v) is 54.8. The first kappa shape index (κ1) is 71.6. The van der Waals surface area contributed by atoms with Crippen LogP contribution in [0.15, 0.2) is 78.8 Å². The second-order valence-electron chi connectivity index (χ2n) is 26.2. The molecule has 0 spiro atoms. The molecular formula is C61H85CoN13O15P-. The predicted octanol–water partition coefficient (Wildman–Crippen LogP) is 2.40. The number of methoxy groups -OCH3 is 1. The Morgan fingerprint density at radius 1 is 0.780 bits per heavy atom. The number of carbonyl (C=O) groups is 7. The Hall–Kier alpha value is -6.82. The molecule has 6 aliphatic rings. The quantitative estimate of drug-likeness (QED) is 0.0580. The van der Waals surface area contributed by atoms with Crippen molar-refractivity contribution in [3.63, 3.8) is 0 Å². The van der Waals surface area contributed by atoms with Crippen LogP contribution in [0.2, 0.25) is 0 Å². The molecule has 0 saturated carbocycles. The van der Waals surface area contributed by atoms with Crippen LogP contribution in [0.1, 0.15) is 139 Å². The summed E-state index contributed by atoms with van der Waals surface area (Å²) < 4.78 is 37.0. The van der Waals surface area contributed by atoms with Gasteiger partial charge in [-0.3, -0.25) is 58.1 Å². The number of amides is 7. The van der Waals surface area contributed by atoms with E-state index in [0.717, 1.165) is 0 Å². The van der Waals surface area contributed by atoms with Crippen LogP contribution in [0, 0.1) is 45.3 Å². The van der Waals surface area contributed by atoms with Crippen molar-refractivity contribution in [2.24, 2.45) is 99.7 Å². The van der Waals surface area contributed by atoms with E-state index in [2.05, 4.69) is 10.3 Å². The molecule has 8 bridgehead atoms. The monoisotopic (exact) mass is 1330 g/mol. The number of benzene rings is 1. The van der Waals surface area contributed by atoms with E-state index in [1.807, 2.05) is 33.8 Å². The Bertz CT molecular complexity index is 3580. The maximum atomic E-state index is 14.3. The number of aliphatic hydroxyl groups excluding tert-OH is 2. The SMILES string of the molecule is COc1ccc2c(c1)ncn2[C@@H]1O[C@@H](CO)[C@H](OP(=O)([O-])O[C@H](C)CNC(=O)CC[C@@]2(C)C3=C(C)C4=NC(=CC5=NC(=C(C)C6=N[C@@](C)(C(=N3)[C@@H]2CC(N)=O)[C@](C)(CC(N)=O)[C@@H]6CCC(N)=O)[C@](C)(CC(N)=O)[C@@H]5CCC(N)=O)C(C)(C)[C@@H]4CCC(N)=O)[C@H]1O.[Co]. The third-order valence-electron chi connectivity index (χ3n) is 19.8. The molecule has 1 saturated heterocycles. The number of hydrogen-bond donors (Lipinski definition) is 9. The summed E-state index contributed by atoms with van der Waals surface area (Å²) in [5.41, 5.74) is 34.4. The van der Waals surface area contributed by atoms with E-state index in [4.69, 9.17) is 72.9 Å². The van der Waals surface area contributed by atoms with Gasteiger partial charge in [-0.1, -0.05) is 34.6 Å². The third-order valence-corrected chi connectivity index (χ3v) is 20.9. The maximum Gasteiger partial charge on any atom is 0.268 e. The maximum absolute atomic E-state index is 14.3. The van der Waals surface area contributed by atoms with Crippen molar-refractivity contribution >= 4 is 83.1 Å². The van der Waals surface area contributed by atoms with Gasteiger partial charge in [0.1, 0.15) is 29.6 Å². The number of imidazole rings is 1. The molecule has 1 aromatic heterocycles. The number of carbonyl (C=O) groups excluding carboxylic acids is 7. The van der Waals surface area contributed by atoms with Gasteiger partial charge in [0, 0.05) is 142 Å². The zero-order valence-electron chi connectivity index (χ0n) is 52.9. The van der Waals surface area contributed by atoms with Gasteiger partial charge in [-0.15, -0.1) is 0 Å². The van der Waals surface area contributed by atoms with Crippen LogP contribution in [0.5, 0.6) is 5.75 Å². The number of nitrogens with one attached hydrogen (secondary N) is 1. The molecule has 1 radical (unpaired) electrons. The van der Waals surface area contributed by atoms with Crippen molar-refractivity contribution in [1.29, 1.82) is 0 Å². The number of rotatable bonds is 27. The van der Waals surface area contributed by atoms with Crippen LogP contribution < -0.4 is 49.3 Å². The van der Waals surface area contributed by atoms with Crippen molar-refractivity contribution in [2.75, 3.05) is 20.3 Å². The summed E-state index contributed by atoms with van der Waals surface area (Å²) >= 11 is 0. The van der Waals surface area contributed by atoms with E-state index < -0.39 is 137 Å². The van der Waals surface area contributed by atoms with E-state index in [1.165, 1.54) is 24.9 Å². The molecule has 499 valence electrons. The summed E-state index contributed by atoms with van der Waals surface area (Å²) in [4.78, 5) is 133. The molecule has 1 unspecified atom stereocenters. The molecule has 6 aliphatic heterocycles. The number of aliphatic hydroxyl groups is 2. The second-order valence-corrected chi connectivity index (χ2v) is 27.5. The van der Waals surface area contributed by atoms with Crippen LogP contribution >= 0.6 is 7.82 Å². The normalized spacial score (nSPS) is 30.8. The summed E-state index contributed by atoms with van der Waals surface area (Å²) in [5, 5.41) is 24.4. The molecule has 1 aromatic carbocycles. The fourth-order valence-electron chi connectivity index (χ4n) is 14.9. The minimum atomic E-state index is -5.33. The third kappa shape index (κ3) is 13.8. The van der Waals surface area contributed by atoms with Crippen LogP contribution in [-0.4, -0.2) is 134 Å². The number of nitrogens with zero attached hydrogens (tertiary/aromatic N) is 6. The average Bonchev–Trinajstić information content (AvgIpc) is 1.53. The molecule has 14 atom stereocenters. The average molecular weight is 1330 g/mol. The summed E-state index contributed by atoms with van der Waals surface area (Å²) in [6.07, 6.45) is -5.16. The van der Waals surface area contributed by atoms with Crippen molar-refractivity contribution in [2.45, 2.75) is 169 Å². The number of fused-ring (bicyclic) bond motifs is 6. The molecule has 8 rings (SSSR count). The number of hydrogen-bond acceptors (Lipinski definition) is 20. The number of phosphoric ester groups is 1. The zero-order chi connectivity index (χ0) is 66.5. The number of aliphatic imine (C=N–C) groups is 4. The number of allylic oxidation sites excluding steroid dienone is 6. The van der Waals surface area contributed by atoms with Crippen molar-refractivity contribution < 1.29 is 88.5 Å². The largest absolute Gasteiger partial charge is 0.756 e. The van der Waals surface area contributed by atoms with E-state index in [1.54, 1.807) is 45.9 Å². The van der Waals surface area contributed by atoms with Gasteiger partial charge in [0.25, 0.3) is 7.82 Å². The molecule has 1 fully saturated rings. The van der Waals surface area contributed by atoms with Gasteiger partial charge >= 0.3 is 0 Å². The summed E-state index contributed by atoms with van der Waals surface area (Å²) in [6.45, 7) is 14.9. The van der Waals surface area contributed by atoms with Crippen molar-refractivity contribution in [1.82, 2.24) is 14.9 Å². The van der Waals surface area contributed by atoms with E-state index in [0.29, 0.717) is 62.2 Å². The van der Waals surface area contributed by atoms with E-state index in [9.17, 15) is 53.2 Å². The van der Waals surface area contributed by atoms with Crippen LogP contribution in [0.4, 0.5) is 0 Å². The van der Waals surface area contributed by atoms with Crippen molar-refractivity contribution in [3.05, 3.63) is 58.8 Å². The molecule has 30 heteroatoms. The Balaban J connectivity index is 0.0000118. The first-order valence-corrected chi connectivity index (χ1v) is 31.5. The van der Waals surface area contributed by atoms with Crippen LogP contribution in [0.3, 0.4) is 0 Å². The number of nitrogens with two attached hydrogens (primary N) is 6. The van der Waals surface area contributed by atoms with Crippen LogP contribution in [-0.2, 0) is 68.7 Å². The van der Waals surface area contributed by atoms with Gasteiger partial charge in [0.2, 0.25) is 41.4 Å². The minimum Gasteiger partial charge on any atom is -0.756 e. The number of aromatic nitrogens is 2. The Morgan fingerprint density at radius 3 is 1.96 bits per heavy atom. The van der Waals surface area contributed by atoms with Gasteiger partial charge in [0.15, 0.2) is 6.23 Å². The Kier molecular flexibility index (Phi) is 21.3. The summed E-state index contributed by atoms with van der Waals surface area (Å²) in [6, 6.07) is 5.00. The molecule has 7 amide bonds. The first-order chi connectivity index (χ1) is 42.0. The molecule has 28 nitrogen and oxygen atoms in total. The molecule has 91 heavy (non-hydrogen) atoms. The van der Waals surface area contributed by atoms with Gasteiger partial charge in [-0.2, -0.15) is 0 Å². The molecule has 0 aliphatic carbocycles. The standard InChI is InChI=1S/C61H86N13O15P.Co/c1-29(88-90(84,85)89-52-40(27-75)87-56(51(52)83)74-28-69-38-21-32(86-10)11-15-39(38)74)26-68-48(82)19-20-58(6)36(22-45(65)79)55-61(9)60(8,25-47(67)81)35(14-18-44(64)78)50(73-61)31(3)54-59(7,24-46(66)80)33(12-16-42(62)76)37(70-54)23-41-57(4,5)34(13-17-43(63)77)49(71-41)30(2)53(58)72-55;/h11,15,21,23,28-29,33-36,40,51-52,56,75,83H,12-14,16-20,22,24-27H2,1-10H3,(H2,62,76)(H2,63,77)(H2,64,78)(H2,65,79)(H2,66,80)(H2,67,81)(H,68,82)(H,84,85);/p-1/t29-,33-,34-,35-,36+,40+,51-,52+,56-,58-,59-,60-,61+;/m1./s1. The smallest absolute Gasteiger partial charge is 0.268 e. The van der Waals surface area contributed by atoms with Gasteiger partial charge < -0.3 is 77.9 Å². The first-order valence-electron chi connectivity index (χ1n) is 30.1. The van der Waals surface area contributed by atoms with Gasteiger partial charge in [-0.25, -0.2) is 4.98 Å².